The van der Waals surface area contributed by atoms with Crippen molar-refractivity contribution in [3.63, 3.8) is 0 Å². The van der Waals surface area contributed by atoms with Gasteiger partial charge < -0.3 is 5.32 Å². The van der Waals surface area contributed by atoms with Crippen LogP contribution >= 0.6 is 0 Å². The molecule has 0 unspecified atom stereocenters. The normalized spacial score (nSPS) is 17.1. The Bertz CT molecular complexity index is 601. The van der Waals surface area contributed by atoms with Crippen LogP contribution in [0, 0.1) is 6.92 Å². The molecule has 0 bridgehead atoms. The summed E-state index contributed by atoms with van der Waals surface area (Å²) in [6.45, 7) is 8.04. The van der Waals surface area contributed by atoms with Gasteiger partial charge in [0.15, 0.2) is 0 Å². The summed E-state index contributed by atoms with van der Waals surface area (Å²) in [6.07, 6.45) is 9.67. The SMILES string of the molecule is C=C1C=CC=CC1=N/C=C(\C)Nc1ccccc1C. The highest BCUT2D eigenvalue weighted by Gasteiger charge is 2.00. The van der Waals surface area contributed by atoms with E-state index in [0.717, 1.165) is 22.7 Å². The highest BCUT2D eigenvalue weighted by atomic mass is 14.9. The average molecular weight is 250 g/mol. The van der Waals surface area contributed by atoms with E-state index in [-0.39, 0.29) is 0 Å². The monoisotopic (exact) mass is 250 g/mol. The third-order valence-corrected chi connectivity index (χ3v) is 2.87. The molecule has 0 saturated heterocycles. The summed E-state index contributed by atoms with van der Waals surface area (Å²) in [7, 11) is 0. The number of hydrogen-bond acceptors (Lipinski definition) is 2. The Kier molecular flexibility index (Phi) is 4.14. The largest absolute Gasteiger partial charge is 0.358 e. The first-order valence-corrected chi connectivity index (χ1v) is 6.28. The lowest BCUT2D eigenvalue weighted by Gasteiger charge is -2.09. The summed E-state index contributed by atoms with van der Waals surface area (Å²) in [5.41, 5.74) is 5.15. The topological polar surface area (TPSA) is 24.4 Å². The lowest BCUT2D eigenvalue weighted by molar-refractivity contribution is 1.30. The zero-order chi connectivity index (χ0) is 13.7. The van der Waals surface area contributed by atoms with Crippen molar-refractivity contribution < 1.29 is 0 Å². The highest BCUT2D eigenvalue weighted by molar-refractivity contribution is 6.11. The molecular formula is C17H18N2. The van der Waals surface area contributed by atoms with Crippen molar-refractivity contribution in [2.75, 3.05) is 5.32 Å². The molecule has 2 rings (SSSR count). The molecule has 0 radical (unpaired) electrons. The number of aliphatic imine (C=N–C) groups is 1. The molecule has 1 aliphatic rings. The Balaban J connectivity index is 2.10. The number of anilines is 1. The van der Waals surface area contributed by atoms with Crippen LogP contribution in [0.15, 0.2) is 77.6 Å². The second kappa shape index (κ2) is 6.01. The molecule has 0 atom stereocenters. The van der Waals surface area contributed by atoms with E-state index in [2.05, 4.69) is 35.9 Å². The van der Waals surface area contributed by atoms with Crippen LogP contribution in [0.1, 0.15) is 12.5 Å². The smallest absolute Gasteiger partial charge is 0.0696 e. The van der Waals surface area contributed by atoms with Gasteiger partial charge in [-0.25, -0.2) is 0 Å². The predicted molar refractivity (Wildman–Crippen MR) is 83.4 cm³/mol. The number of nitrogens with zero attached hydrogens (tertiary/aromatic N) is 1. The van der Waals surface area contributed by atoms with Crippen LogP contribution in [0.5, 0.6) is 0 Å². The van der Waals surface area contributed by atoms with Crippen LogP contribution in [0.3, 0.4) is 0 Å². The zero-order valence-corrected chi connectivity index (χ0v) is 11.4. The molecule has 1 aliphatic carbocycles. The molecule has 0 aliphatic heterocycles. The van der Waals surface area contributed by atoms with Crippen molar-refractivity contribution in [1.82, 2.24) is 0 Å². The molecule has 96 valence electrons. The van der Waals surface area contributed by atoms with Crippen LogP contribution in [0.25, 0.3) is 0 Å². The third kappa shape index (κ3) is 3.55. The van der Waals surface area contributed by atoms with E-state index in [1.54, 1.807) is 0 Å². The highest BCUT2D eigenvalue weighted by Crippen LogP contribution is 2.15. The molecule has 19 heavy (non-hydrogen) atoms. The first-order chi connectivity index (χ1) is 9.16. The van der Waals surface area contributed by atoms with Crippen LogP contribution in [0.4, 0.5) is 5.69 Å². The summed E-state index contributed by atoms with van der Waals surface area (Å²) < 4.78 is 0. The van der Waals surface area contributed by atoms with Gasteiger partial charge in [-0.05, 0) is 37.1 Å². The summed E-state index contributed by atoms with van der Waals surface area (Å²) in [5.74, 6) is 0. The van der Waals surface area contributed by atoms with Crippen LogP contribution < -0.4 is 5.32 Å². The van der Waals surface area contributed by atoms with Crippen molar-refractivity contribution >= 4 is 11.4 Å². The minimum Gasteiger partial charge on any atom is -0.358 e. The van der Waals surface area contributed by atoms with Crippen LogP contribution in [-0.2, 0) is 0 Å². The maximum atomic E-state index is 4.44. The van der Waals surface area contributed by atoms with Crippen molar-refractivity contribution in [2.45, 2.75) is 13.8 Å². The Labute approximate surface area is 114 Å². The van der Waals surface area contributed by atoms with Crippen LogP contribution in [0.2, 0.25) is 0 Å². The lowest BCUT2D eigenvalue weighted by atomic mass is 10.1. The summed E-state index contributed by atoms with van der Waals surface area (Å²) >= 11 is 0. The zero-order valence-electron chi connectivity index (χ0n) is 11.4. The Morgan fingerprint density at radius 1 is 1.21 bits per heavy atom. The minimum atomic E-state index is 0.897. The van der Waals surface area contributed by atoms with Crippen LogP contribution in [-0.4, -0.2) is 5.71 Å². The van der Waals surface area contributed by atoms with E-state index >= 15 is 0 Å². The number of aryl methyl sites for hydroxylation is 1. The average Bonchev–Trinajstić information content (AvgIpc) is 2.40. The second-order valence-corrected chi connectivity index (χ2v) is 4.51. The van der Waals surface area contributed by atoms with Gasteiger partial charge in [0, 0.05) is 17.6 Å². The summed E-state index contributed by atoms with van der Waals surface area (Å²) in [5, 5.41) is 3.35. The molecule has 1 N–H and O–H groups in total. The van der Waals surface area contributed by atoms with Crippen molar-refractivity contribution in [2.24, 2.45) is 4.99 Å². The Hall–Kier alpha value is -2.35. The van der Waals surface area contributed by atoms with Crippen molar-refractivity contribution in [1.29, 1.82) is 0 Å². The number of allylic oxidation sites excluding steroid dienone is 6. The first-order valence-electron chi connectivity index (χ1n) is 6.28. The van der Waals surface area contributed by atoms with Gasteiger partial charge in [-0.15, -0.1) is 0 Å². The standard InChI is InChI=1S/C17H18N2/c1-13-8-4-6-10-16(13)18-12-15(3)19-17-11-7-5-9-14(17)2/h4-12,19H,1H2,2-3H3/b15-12+,18-16?. The van der Waals surface area contributed by atoms with Gasteiger partial charge in [0.1, 0.15) is 0 Å². The fraction of sp³-hybridized carbons (Fsp3) is 0.118. The molecule has 0 aromatic heterocycles. The van der Waals surface area contributed by atoms with Gasteiger partial charge >= 0.3 is 0 Å². The summed E-state index contributed by atoms with van der Waals surface area (Å²) in [6, 6.07) is 8.19. The molecule has 0 amide bonds. The van der Waals surface area contributed by atoms with E-state index in [1.165, 1.54) is 5.56 Å². The molecule has 2 nitrogen and oxygen atoms in total. The van der Waals surface area contributed by atoms with Gasteiger partial charge in [-0.2, -0.15) is 0 Å². The maximum Gasteiger partial charge on any atom is 0.0696 e. The molecule has 0 heterocycles. The lowest BCUT2D eigenvalue weighted by Crippen LogP contribution is -2.00. The van der Waals surface area contributed by atoms with E-state index in [4.69, 9.17) is 0 Å². The first kappa shape index (κ1) is 13.1. The molecule has 0 saturated carbocycles. The number of rotatable bonds is 3. The predicted octanol–water partition coefficient (Wildman–Crippen LogP) is 4.39. The Morgan fingerprint density at radius 3 is 2.68 bits per heavy atom. The summed E-state index contributed by atoms with van der Waals surface area (Å²) in [4.78, 5) is 4.44. The number of hydrogen-bond donors (Lipinski definition) is 1. The molecular weight excluding hydrogens is 232 g/mol. The van der Waals surface area contributed by atoms with Gasteiger partial charge in [0.2, 0.25) is 0 Å². The van der Waals surface area contributed by atoms with Gasteiger partial charge in [0.25, 0.3) is 0 Å². The third-order valence-electron chi connectivity index (χ3n) is 2.87. The minimum absolute atomic E-state index is 0.897. The van der Waals surface area contributed by atoms with Crippen molar-refractivity contribution in [3.8, 4) is 0 Å². The van der Waals surface area contributed by atoms with Gasteiger partial charge in [-0.1, -0.05) is 43.0 Å². The second-order valence-electron chi connectivity index (χ2n) is 4.51. The van der Waals surface area contributed by atoms with Crippen molar-refractivity contribution in [3.05, 3.63) is 78.2 Å². The molecule has 2 heteroatoms. The Morgan fingerprint density at radius 2 is 1.95 bits per heavy atom. The number of benzene rings is 1. The molecule has 1 aromatic rings. The number of para-hydroxylation sites is 1. The quantitative estimate of drug-likeness (QED) is 0.845. The molecule has 1 aromatic carbocycles. The van der Waals surface area contributed by atoms with E-state index in [0.29, 0.717) is 0 Å². The van der Waals surface area contributed by atoms with E-state index in [1.807, 2.05) is 49.6 Å². The van der Waals surface area contributed by atoms with Gasteiger partial charge in [-0.3, -0.25) is 4.99 Å². The van der Waals surface area contributed by atoms with Gasteiger partial charge in [0.05, 0.1) is 5.71 Å². The van der Waals surface area contributed by atoms with E-state index in [9.17, 15) is 0 Å². The maximum absolute atomic E-state index is 4.44. The number of nitrogens with one attached hydrogen (secondary N) is 1. The fourth-order valence-electron chi connectivity index (χ4n) is 1.76. The fourth-order valence-corrected chi connectivity index (χ4v) is 1.76. The molecule has 0 fully saturated rings. The van der Waals surface area contributed by atoms with E-state index < -0.39 is 0 Å². The molecule has 0 spiro atoms.